The minimum atomic E-state index is -0.0308. The maximum atomic E-state index is 12.9. The Bertz CT molecular complexity index is 792. The Kier molecular flexibility index (Phi) is 4.42. The van der Waals surface area contributed by atoms with Crippen molar-refractivity contribution in [1.29, 1.82) is 0 Å². The van der Waals surface area contributed by atoms with Crippen molar-refractivity contribution in [3.05, 3.63) is 52.8 Å². The third-order valence-corrected chi connectivity index (χ3v) is 4.65. The molecule has 1 aromatic heterocycles. The van der Waals surface area contributed by atoms with Gasteiger partial charge in [-0.3, -0.25) is 9.59 Å². The number of hydrogen-bond acceptors (Lipinski definition) is 3. The Labute approximate surface area is 141 Å². The molecule has 1 amide bonds. The van der Waals surface area contributed by atoms with E-state index < -0.39 is 0 Å². The van der Waals surface area contributed by atoms with E-state index in [-0.39, 0.29) is 11.7 Å². The monoisotopic (exact) mass is 326 g/mol. The largest absolute Gasteiger partial charge is 0.496 e. The molecule has 1 aromatic carbocycles. The smallest absolute Gasteiger partial charge is 0.270 e. The zero-order chi connectivity index (χ0) is 17.3. The molecule has 3 rings (SSSR count). The van der Waals surface area contributed by atoms with Crippen molar-refractivity contribution in [2.75, 3.05) is 20.2 Å². The topological polar surface area (TPSA) is 51.5 Å². The molecule has 0 aliphatic carbocycles. The summed E-state index contributed by atoms with van der Waals surface area (Å²) in [5.41, 5.74) is 3.55. The molecule has 1 aliphatic rings. The lowest BCUT2D eigenvalue weighted by Gasteiger charge is -2.20. The molecule has 0 N–H and O–H groups in total. The molecule has 0 radical (unpaired) electrons. The van der Waals surface area contributed by atoms with E-state index in [9.17, 15) is 9.59 Å². The van der Waals surface area contributed by atoms with Crippen molar-refractivity contribution in [3.8, 4) is 5.75 Å². The summed E-state index contributed by atoms with van der Waals surface area (Å²) in [5.74, 6) is 0.828. The molecule has 0 bridgehead atoms. The number of fused-ring (bicyclic) bond motifs is 1. The van der Waals surface area contributed by atoms with E-state index in [0.29, 0.717) is 24.3 Å². The molecule has 2 aromatic rings. The number of hydrogen-bond donors (Lipinski definition) is 0. The minimum absolute atomic E-state index is 0.0299. The fourth-order valence-corrected chi connectivity index (χ4v) is 3.27. The predicted octanol–water partition coefficient (Wildman–Crippen LogP) is 2.48. The van der Waals surface area contributed by atoms with Crippen LogP contribution >= 0.6 is 0 Å². The molecular formula is C19H22N2O3. The molecule has 5 nitrogen and oxygen atoms in total. The summed E-state index contributed by atoms with van der Waals surface area (Å²) < 4.78 is 7.19. The summed E-state index contributed by atoms with van der Waals surface area (Å²) >= 11 is 0. The van der Waals surface area contributed by atoms with Gasteiger partial charge in [-0.25, -0.2) is 0 Å². The van der Waals surface area contributed by atoms with E-state index in [1.54, 1.807) is 31.0 Å². The van der Waals surface area contributed by atoms with Crippen molar-refractivity contribution in [1.82, 2.24) is 9.47 Å². The standard InChI is InChI=1S/C19H22N2O3/c1-13(22)15-11-17(20(2)12-15)19(23)21-9-7-14-5-4-6-18(24-3)16(14)8-10-21/h4-6,11-12H,7-10H2,1-3H3. The van der Waals surface area contributed by atoms with E-state index in [4.69, 9.17) is 4.74 Å². The summed E-state index contributed by atoms with van der Waals surface area (Å²) in [7, 11) is 3.48. The van der Waals surface area contributed by atoms with Gasteiger partial charge < -0.3 is 14.2 Å². The quantitative estimate of drug-likeness (QED) is 0.814. The third kappa shape index (κ3) is 2.94. The van der Waals surface area contributed by atoms with Gasteiger partial charge >= 0.3 is 0 Å². The number of methoxy groups -OCH3 is 1. The molecule has 0 atom stereocenters. The molecule has 0 fully saturated rings. The van der Waals surface area contributed by atoms with Crippen LogP contribution in [0.2, 0.25) is 0 Å². The number of aromatic nitrogens is 1. The van der Waals surface area contributed by atoms with Gasteiger partial charge in [0, 0.05) is 31.9 Å². The molecule has 0 unspecified atom stereocenters. The van der Waals surface area contributed by atoms with Gasteiger partial charge in [0.25, 0.3) is 5.91 Å². The number of aryl methyl sites for hydroxylation is 1. The number of benzene rings is 1. The summed E-state index contributed by atoms with van der Waals surface area (Å²) in [4.78, 5) is 26.3. The molecular weight excluding hydrogens is 304 g/mol. The normalized spacial score (nSPS) is 14.0. The van der Waals surface area contributed by atoms with E-state index in [1.165, 1.54) is 18.1 Å². The molecule has 0 spiro atoms. The fourth-order valence-electron chi connectivity index (χ4n) is 3.27. The number of nitrogens with zero attached hydrogens (tertiary/aromatic N) is 2. The van der Waals surface area contributed by atoms with Crippen molar-refractivity contribution < 1.29 is 14.3 Å². The molecule has 5 heteroatoms. The first-order chi connectivity index (χ1) is 11.5. The maximum absolute atomic E-state index is 12.9. The average molecular weight is 326 g/mol. The zero-order valence-electron chi connectivity index (χ0n) is 14.3. The Hall–Kier alpha value is -2.56. The maximum Gasteiger partial charge on any atom is 0.270 e. The fraction of sp³-hybridized carbons (Fsp3) is 0.368. The highest BCUT2D eigenvalue weighted by atomic mass is 16.5. The van der Waals surface area contributed by atoms with Crippen LogP contribution in [-0.4, -0.2) is 41.4 Å². The summed E-state index contributed by atoms with van der Waals surface area (Å²) in [6, 6.07) is 7.74. The van der Waals surface area contributed by atoms with E-state index in [1.807, 2.05) is 17.0 Å². The van der Waals surface area contributed by atoms with Gasteiger partial charge in [-0.15, -0.1) is 0 Å². The number of Topliss-reactive ketones (excluding diaryl/α,β-unsaturated/α-hetero) is 1. The first-order valence-corrected chi connectivity index (χ1v) is 8.12. The van der Waals surface area contributed by atoms with Crippen LogP contribution < -0.4 is 4.74 Å². The van der Waals surface area contributed by atoms with Crippen LogP contribution in [0.25, 0.3) is 0 Å². The first-order valence-electron chi connectivity index (χ1n) is 8.12. The van der Waals surface area contributed by atoms with Gasteiger partial charge in [0.2, 0.25) is 0 Å². The second-order valence-electron chi connectivity index (χ2n) is 6.17. The zero-order valence-corrected chi connectivity index (χ0v) is 14.3. The van der Waals surface area contributed by atoms with Crippen LogP contribution in [0.1, 0.15) is 38.9 Å². The van der Waals surface area contributed by atoms with Crippen molar-refractivity contribution in [2.45, 2.75) is 19.8 Å². The SMILES string of the molecule is COc1cccc2c1CCN(C(=O)c1cc(C(C)=O)cn1C)CC2. The van der Waals surface area contributed by atoms with Crippen molar-refractivity contribution in [3.63, 3.8) is 0 Å². The first kappa shape index (κ1) is 16.3. The van der Waals surface area contributed by atoms with Crippen molar-refractivity contribution >= 4 is 11.7 Å². The third-order valence-electron chi connectivity index (χ3n) is 4.65. The minimum Gasteiger partial charge on any atom is -0.496 e. The van der Waals surface area contributed by atoms with Gasteiger partial charge in [-0.1, -0.05) is 12.1 Å². The van der Waals surface area contributed by atoms with Crippen LogP contribution in [0.4, 0.5) is 0 Å². The summed E-state index contributed by atoms with van der Waals surface area (Å²) in [6.45, 7) is 2.82. The van der Waals surface area contributed by atoms with Gasteiger partial charge in [0.05, 0.1) is 7.11 Å². The molecule has 0 saturated heterocycles. The van der Waals surface area contributed by atoms with Crippen LogP contribution in [0.15, 0.2) is 30.5 Å². The highest BCUT2D eigenvalue weighted by Crippen LogP contribution is 2.26. The van der Waals surface area contributed by atoms with Crippen LogP contribution in [0, 0.1) is 0 Å². The number of carbonyl (C=O) groups excluding carboxylic acids is 2. The number of carbonyl (C=O) groups is 2. The lowest BCUT2D eigenvalue weighted by Crippen LogP contribution is -2.34. The van der Waals surface area contributed by atoms with E-state index in [0.717, 1.165) is 18.6 Å². The highest BCUT2D eigenvalue weighted by molar-refractivity contribution is 5.99. The number of ether oxygens (including phenoxy) is 1. The van der Waals surface area contributed by atoms with Crippen LogP contribution in [0.3, 0.4) is 0 Å². The highest BCUT2D eigenvalue weighted by Gasteiger charge is 2.23. The van der Waals surface area contributed by atoms with Gasteiger partial charge in [0.15, 0.2) is 5.78 Å². The lowest BCUT2D eigenvalue weighted by atomic mass is 10.0. The lowest BCUT2D eigenvalue weighted by molar-refractivity contribution is 0.0753. The average Bonchev–Trinajstić information content (AvgIpc) is 2.83. The summed E-state index contributed by atoms with van der Waals surface area (Å²) in [6.07, 6.45) is 3.29. The second kappa shape index (κ2) is 6.51. The van der Waals surface area contributed by atoms with Crippen LogP contribution in [0.5, 0.6) is 5.75 Å². The van der Waals surface area contributed by atoms with Gasteiger partial charge in [-0.05, 0) is 43.0 Å². The molecule has 126 valence electrons. The van der Waals surface area contributed by atoms with E-state index >= 15 is 0 Å². The molecule has 0 saturated carbocycles. The Morgan fingerprint density at radius 3 is 2.58 bits per heavy atom. The molecule has 1 aliphatic heterocycles. The van der Waals surface area contributed by atoms with Crippen LogP contribution in [-0.2, 0) is 19.9 Å². The summed E-state index contributed by atoms with van der Waals surface area (Å²) in [5, 5.41) is 0. The van der Waals surface area contributed by atoms with E-state index in [2.05, 4.69) is 6.07 Å². The molecule has 24 heavy (non-hydrogen) atoms. The van der Waals surface area contributed by atoms with Gasteiger partial charge in [0.1, 0.15) is 11.4 Å². The number of rotatable bonds is 3. The molecule has 2 heterocycles. The second-order valence-corrected chi connectivity index (χ2v) is 6.17. The number of amides is 1. The van der Waals surface area contributed by atoms with Gasteiger partial charge in [-0.2, -0.15) is 0 Å². The Morgan fingerprint density at radius 2 is 1.92 bits per heavy atom. The van der Waals surface area contributed by atoms with Crippen molar-refractivity contribution in [2.24, 2.45) is 7.05 Å². The predicted molar refractivity (Wildman–Crippen MR) is 91.7 cm³/mol. The Balaban J connectivity index is 1.82. The number of ketones is 1. The Morgan fingerprint density at radius 1 is 1.17 bits per heavy atom.